The Bertz CT molecular complexity index is 1560. The molecule has 1 aliphatic heterocycles. The normalized spacial score (nSPS) is 14.3. The van der Waals surface area contributed by atoms with E-state index in [0.717, 1.165) is 28.1 Å². The number of hydrogen-bond donors (Lipinski definition) is 0. The zero-order valence-electron chi connectivity index (χ0n) is 21.5. The van der Waals surface area contributed by atoms with E-state index in [9.17, 15) is 9.59 Å². The van der Waals surface area contributed by atoms with Gasteiger partial charge in [-0.05, 0) is 59.5 Å². The van der Waals surface area contributed by atoms with Gasteiger partial charge in [-0.3, -0.25) is 14.5 Å². The maximum absolute atomic E-state index is 13.0. The molecule has 2 amide bonds. The van der Waals surface area contributed by atoms with Gasteiger partial charge in [0, 0.05) is 5.39 Å². The Labute approximate surface area is 236 Å². The number of carbonyl (C=O) groups is 2. The van der Waals surface area contributed by atoms with Gasteiger partial charge in [-0.15, -0.1) is 0 Å². The standard InChI is InChI=1S/C31H26ClNO5S/c1-20-10-12-21(13-11-20)19-38-29-25(32)16-22(17-27(29)36-2)18-28-30(34)33(31(35)39-28)14-15-37-26-9-5-7-23-6-3-4-8-24(23)26/h3-13,16-18H,14-15,19H2,1-2H3/b28-18-. The van der Waals surface area contributed by atoms with Crippen LogP contribution in [0.1, 0.15) is 16.7 Å². The Morgan fingerprint density at radius 1 is 0.923 bits per heavy atom. The Balaban J connectivity index is 1.26. The van der Waals surface area contributed by atoms with Gasteiger partial charge in [0.1, 0.15) is 19.0 Å². The first-order valence-electron chi connectivity index (χ1n) is 12.3. The number of amides is 2. The summed E-state index contributed by atoms with van der Waals surface area (Å²) in [5.41, 5.74) is 2.79. The number of imide groups is 1. The summed E-state index contributed by atoms with van der Waals surface area (Å²) in [5.74, 6) is 1.18. The minimum absolute atomic E-state index is 0.140. The fraction of sp³-hybridized carbons (Fsp3) is 0.161. The van der Waals surface area contributed by atoms with Crippen molar-refractivity contribution in [3.05, 3.63) is 105 Å². The first-order chi connectivity index (χ1) is 18.9. The average Bonchev–Trinajstić information content (AvgIpc) is 3.20. The van der Waals surface area contributed by atoms with E-state index >= 15 is 0 Å². The smallest absolute Gasteiger partial charge is 0.293 e. The van der Waals surface area contributed by atoms with Crippen LogP contribution in [-0.4, -0.2) is 36.3 Å². The summed E-state index contributed by atoms with van der Waals surface area (Å²) in [6, 6.07) is 25.1. The highest BCUT2D eigenvalue weighted by Gasteiger charge is 2.35. The van der Waals surface area contributed by atoms with E-state index < -0.39 is 0 Å². The number of rotatable bonds is 9. The summed E-state index contributed by atoms with van der Waals surface area (Å²) in [7, 11) is 1.53. The number of ether oxygens (including phenoxy) is 3. The number of benzene rings is 4. The van der Waals surface area contributed by atoms with E-state index in [1.807, 2.05) is 73.7 Å². The fourth-order valence-electron chi connectivity index (χ4n) is 4.22. The van der Waals surface area contributed by atoms with Crippen molar-refractivity contribution in [1.82, 2.24) is 4.90 Å². The van der Waals surface area contributed by atoms with Crippen molar-refractivity contribution in [2.45, 2.75) is 13.5 Å². The summed E-state index contributed by atoms with van der Waals surface area (Å²) in [6.45, 7) is 2.68. The van der Waals surface area contributed by atoms with Crippen LogP contribution in [0.3, 0.4) is 0 Å². The van der Waals surface area contributed by atoms with E-state index in [1.54, 1.807) is 18.2 Å². The van der Waals surface area contributed by atoms with E-state index in [4.69, 9.17) is 25.8 Å². The predicted octanol–water partition coefficient (Wildman–Crippen LogP) is 7.50. The molecule has 1 heterocycles. The molecule has 0 N–H and O–H groups in total. The number of halogens is 1. The lowest BCUT2D eigenvalue weighted by molar-refractivity contribution is -0.123. The van der Waals surface area contributed by atoms with Crippen molar-refractivity contribution in [2.24, 2.45) is 0 Å². The number of fused-ring (bicyclic) bond motifs is 1. The van der Waals surface area contributed by atoms with Crippen LogP contribution in [-0.2, 0) is 11.4 Å². The van der Waals surface area contributed by atoms with Crippen LogP contribution in [0.2, 0.25) is 5.02 Å². The second kappa shape index (κ2) is 11.8. The third-order valence-corrected chi connectivity index (χ3v) is 7.44. The maximum Gasteiger partial charge on any atom is 0.293 e. The predicted molar refractivity (Wildman–Crippen MR) is 156 cm³/mol. The van der Waals surface area contributed by atoms with Gasteiger partial charge >= 0.3 is 0 Å². The number of methoxy groups -OCH3 is 1. The minimum atomic E-state index is -0.374. The third-order valence-electron chi connectivity index (χ3n) is 6.25. The number of nitrogens with zero attached hydrogens (tertiary/aromatic N) is 1. The third kappa shape index (κ3) is 6.05. The number of thioether (sulfide) groups is 1. The van der Waals surface area contributed by atoms with Crippen LogP contribution in [0.25, 0.3) is 16.8 Å². The lowest BCUT2D eigenvalue weighted by Crippen LogP contribution is -2.32. The minimum Gasteiger partial charge on any atom is -0.493 e. The maximum atomic E-state index is 13.0. The van der Waals surface area contributed by atoms with Crippen LogP contribution in [0.15, 0.2) is 83.8 Å². The monoisotopic (exact) mass is 559 g/mol. The molecule has 6 nitrogen and oxygen atoms in total. The molecule has 0 atom stereocenters. The van der Waals surface area contributed by atoms with Crippen molar-refractivity contribution in [2.75, 3.05) is 20.3 Å². The SMILES string of the molecule is COc1cc(/C=C2\SC(=O)N(CCOc3cccc4ccccc34)C2=O)cc(Cl)c1OCc1ccc(C)cc1. The van der Waals surface area contributed by atoms with E-state index in [1.165, 1.54) is 17.6 Å². The Morgan fingerprint density at radius 2 is 1.69 bits per heavy atom. The Kier molecular flexibility index (Phi) is 8.10. The summed E-state index contributed by atoms with van der Waals surface area (Å²) >= 11 is 7.42. The van der Waals surface area contributed by atoms with Crippen LogP contribution in [0, 0.1) is 6.92 Å². The summed E-state index contributed by atoms with van der Waals surface area (Å²) in [4.78, 5) is 27.2. The molecule has 39 heavy (non-hydrogen) atoms. The molecule has 5 rings (SSSR count). The van der Waals surface area contributed by atoms with Gasteiger partial charge in [-0.2, -0.15) is 0 Å². The molecule has 0 spiro atoms. The molecule has 1 saturated heterocycles. The van der Waals surface area contributed by atoms with Crippen molar-refractivity contribution >= 4 is 51.4 Å². The molecule has 0 bridgehead atoms. The summed E-state index contributed by atoms with van der Waals surface area (Å²) in [6.07, 6.45) is 1.63. The van der Waals surface area contributed by atoms with Gasteiger partial charge in [-0.1, -0.05) is 77.8 Å². The van der Waals surface area contributed by atoms with E-state index in [0.29, 0.717) is 39.3 Å². The first kappa shape index (κ1) is 26.7. The second-order valence-electron chi connectivity index (χ2n) is 8.97. The lowest BCUT2D eigenvalue weighted by Gasteiger charge is -2.14. The highest BCUT2D eigenvalue weighted by atomic mass is 35.5. The molecule has 0 unspecified atom stereocenters. The molecular formula is C31H26ClNO5S. The molecule has 1 fully saturated rings. The lowest BCUT2D eigenvalue weighted by atomic mass is 10.1. The van der Waals surface area contributed by atoms with Crippen molar-refractivity contribution < 1.29 is 23.8 Å². The average molecular weight is 560 g/mol. The number of aryl methyl sites for hydroxylation is 1. The zero-order chi connectivity index (χ0) is 27.4. The van der Waals surface area contributed by atoms with E-state index in [2.05, 4.69) is 0 Å². The highest BCUT2D eigenvalue weighted by molar-refractivity contribution is 8.18. The van der Waals surface area contributed by atoms with Crippen molar-refractivity contribution in [3.8, 4) is 17.2 Å². The molecule has 0 radical (unpaired) electrons. The van der Waals surface area contributed by atoms with Gasteiger partial charge < -0.3 is 14.2 Å². The van der Waals surface area contributed by atoms with Crippen molar-refractivity contribution in [1.29, 1.82) is 0 Å². The second-order valence-corrected chi connectivity index (χ2v) is 10.4. The van der Waals surface area contributed by atoms with Gasteiger partial charge in [0.25, 0.3) is 11.1 Å². The summed E-state index contributed by atoms with van der Waals surface area (Å²) < 4.78 is 17.4. The van der Waals surface area contributed by atoms with E-state index in [-0.39, 0.29) is 24.3 Å². The van der Waals surface area contributed by atoms with Gasteiger partial charge in [-0.25, -0.2) is 0 Å². The molecule has 0 aliphatic carbocycles. The van der Waals surface area contributed by atoms with Crippen LogP contribution < -0.4 is 14.2 Å². The van der Waals surface area contributed by atoms with Gasteiger partial charge in [0.2, 0.25) is 0 Å². The molecule has 0 saturated carbocycles. The zero-order valence-corrected chi connectivity index (χ0v) is 23.1. The first-order valence-corrected chi connectivity index (χ1v) is 13.5. The Morgan fingerprint density at radius 3 is 2.49 bits per heavy atom. The number of hydrogen-bond acceptors (Lipinski definition) is 6. The topological polar surface area (TPSA) is 65.1 Å². The molecule has 1 aliphatic rings. The van der Waals surface area contributed by atoms with Crippen LogP contribution >= 0.6 is 23.4 Å². The summed E-state index contributed by atoms with van der Waals surface area (Å²) in [5, 5.41) is 2.04. The van der Waals surface area contributed by atoms with Crippen molar-refractivity contribution in [3.63, 3.8) is 0 Å². The molecule has 0 aromatic heterocycles. The Hall–Kier alpha value is -3.94. The van der Waals surface area contributed by atoms with Crippen LogP contribution in [0.5, 0.6) is 17.2 Å². The molecule has 4 aromatic carbocycles. The molecule has 8 heteroatoms. The largest absolute Gasteiger partial charge is 0.493 e. The number of carbonyl (C=O) groups excluding carboxylic acids is 2. The van der Waals surface area contributed by atoms with Gasteiger partial charge in [0.05, 0.1) is 23.6 Å². The van der Waals surface area contributed by atoms with Crippen LogP contribution in [0.4, 0.5) is 4.79 Å². The quantitative estimate of drug-likeness (QED) is 0.198. The molecule has 4 aromatic rings. The molecular weight excluding hydrogens is 534 g/mol. The highest BCUT2D eigenvalue weighted by Crippen LogP contribution is 2.39. The fourth-order valence-corrected chi connectivity index (χ4v) is 5.35. The van der Waals surface area contributed by atoms with Gasteiger partial charge in [0.15, 0.2) is 11.5 Å². The molecule has 198 valence electrons.